The number of benzene rings is 2. The zero-order chi connectivity index (χ0) is 17.2. The first kappa shape index (κ1) is 16.3. The Labute approximate surface area is 145 Å². The van der Waals surface area contributed by atoms with E-state index in [9.17, 15) is 0 Å². The molecule has 0 saturated carbocycles. The Morgan fingerprint density at radius 2 is 1.42 bits per heavy atom. The Hall–Kier alpha value is -2.60. The number of fused-ring (bicyclic) bond motifs is 3. The summed E-state index contributed by atoms with van der Waals surface area (Å²) in [5.41, 5.74) is 7.81. The van der Waals surface area contributed by atoms with Crippen LogP contribution in [0.5, 0.6) is 0 Å². The van der Waals surface area contributed by atoms with E-state index in [0.29, 0.717) is 0 Å². The van der Waals surface area contributed by atoms with Gasteiger partial charge in [0.25, 0.3) is 0 Å². The summed E-state index contributed by atoms with van der Waals surface area (Å²) < 4.78 is 0. The summed E-state index contributed by atoms with van der Waals surface area (Å²) in [5, 5.41) is 0. The van der Waals surface area contributed by atoms with Gasteiger partial charge in [-0.15, -0.1) is 0 Å². The molecule has 0 heteroatoms. The lowest BCUT2D eigenvalue weighted by Gasteiger charge is -2.35. The van der Waals surface area contributed by atoms with E-state index >= 15 is 0 Å². The molecule has 0 spiro atoms. The van der Waals surface area contributed by atoms with Crippen molar-refractivity contribution in [3.8, 4) is 11.1 Å². The first-order valence-electron chi connectivity index (χ1n) is 8.50. The lowest BCUT2D eigenvalue weighted by atomic mass is 9.67. The SMILES string of the molecule is C=C/C=C\C(=C/C)C1(/C(C)=C/C)c2ccccc2-c2ccccc21. The van der Waals surface area contributed by atoms with Crippen LogP contribution in [-0.4, -0.2) is 0 Å². The summed E-state index contributed by atoms with van der Waals surface area (Å²) in [6.07, 6.45) is 10.5. The molecule has 0 nitrogen and oxygen atoms in total. The number of hydrogen-bond acceptors (Lipinski definition) is 0. The molecule has 120 valence electrons. The average molecular weight is 312 g/mol. The van der Waals surface area contributed by atoms with Crippen molar-refractivity contribution < 1.29 is 0 Å². The van der Waals surface area contributed by atoms with E-state index in [1.165, 1.54) is 33.4 Å². The molecule has 2 aromatic carbocycles. The fourth-order valence-corrected chi connectivity index (χ4v) is 4.02. The van der Waals surface area contributed by atoms with Gasteiger partial charge in [0.05, 0.1) is 5.41 Å². The van der Waals surface area contributed by atoms with Crippen LogP contribution in [0.1, 0.15) is 31.9 Å². The maximum atomic E-state index is 3.84. The Morgan fingerprint density at radius 1 is 0.875 bits per heavy atom. The molecule has 0 atom stereocenters. The third kappa shape index (κ3) is 2.14. The van der Waals surface area contributed by atoms with Crippen molar-refractivity contribution >= 4 is 0 Å². The molecule has 3 rings (SSSR count). The molecular formula is C24H24. The number of hydrogen-bond donors (Lipinski definition) is 0. The smallest absolute Gasteiger partial charge is 0.0667 e. The molecule has 0 fully saturated rings. The normalized spacial score (nSPS) is 16.1. The molecular weight excluding hydrogens is 288 g/mol. The van der Waals surface area contributed by atoms with Gasteiger partial charge in [0, 0.05) is 0 Å². The summed E-state index contributed by atoms with van der Waals surface area (Å²) in [4.78, 5) is 0. The second-order valence-corrected chi connectivity index (χ2v) is 6.15. The molecule has 0 unspecified atom stereocenters. The van der Waals surface area contributed by atoms with E-state index < -0.39 is 0 Å². The topological polar surface area (TPSA) is 0 Å². The van der Waals surface area contributed by atoms with Gasteiger partial charge in [-0.05, 0) is 48.6 Å². The Morgan fingerprint density at radius 3 is 1.88 bits per heavy atom. The van der Waals surface area contributed by atoms with Crippen LogP contribution in [0.2, 0.25) is 0 Å². The van der Waals surface area contributed by atoms with Gasteiger partial charge in [-0.3, -0.25) is 0 Å². The summed E-state index contributed by atoms with van der Waals surface area (Å²) >= 11 is 0. The van der Waals surface area contributed by atoms with E-state index in [1.54, 1.807) is 0 Å². The standard InChI is InChI=1S/C24H24/c1-5-8-13-19(7-3)24(18(4)6-2)22-16-11-9-14-20(22)21-15-10-12-17-23(21)24/h5-17H,1H2,2-4H3/b13-8-,18-6+,19-7+. The van der Waals surface area contributed by atoms with Crippen LogP contribution in [0.25, 0.3) is 11.1 Å². The quantitative estimate of drug-likeness (QED) is 0.440. The van der Waals surface area contributed by atoms with Gasteiger partial charge in [0.2, 0.25) is 0 Å². The molecule has 0 saturated heterocycles. The van der Waals surface area contributed by atoms with Crippen molar-refractivity contribution in [2.75, 3.05) is 0 Å². The zero-order valence-corrected chi connectivity index (χ0v) is 14.7. The molecule has 2 aromatic rings. The van der Waals surface area contributed by atoms with Crippen LogP contribution in [-0.2, 0) is 5.41 Å². The van der Waals surface area contributed by atoms with Crippen molar-refractivity contribution in [1.29, 1.82) is 0 Å². The largest absolute Gasteiger partial charge is 0.0991 e. The van der Waals surface area contributed by atoms with Gasteiger partial charge in [0.1, 0.15) is 0 Å². The third-order valence-corrected chi connectivity index (χ3v) is 5.13. The van der Waals surface area contributed by atoms with E-state index in [1.807, 2.05) is 12.2 Å². The minimum atomic E-state index is -0.226. The van der Waals surface area contributed by atoms with Gasteiger partial charge in [-0.2, -0.15) is 0 Å². The zero-order valence-electron chi connectivity index (χ0n) is 14.7. The van der Waals surface area contributed by atoms with Crippen molar-refractivity contribution in [3.05, 3.63) is 108 Å². The van der Waals surface area contributed by atoms with Crippen molar-refractivity contribution in [2.45, 2.75) is 26.2 Å². The van der Waals surface area contributed by atoms with Crippen LogP contribution in [0.4, 0.5) is 0 Å². The second kappa shape index (κ2) is 6.49. The fourth-order valence-electron chi connectivity index (χ4n) is 4.02. The minimum absolute atomic E-state index is 0.226. The maximum Gasteiger partial charge on any atom is 0.0667 e. The van der Waals surface area contributed by atoms with Gasteiger partial charge < -0.3 is 0 Å². The molecule has 1 aliphatic rings. The summed E-state index contributed by atoms with van der Waals surface area (Å²) in [6, 6.07) is 17.6. The molecule has 0 N–H and O–H groups in total. The molecule has 0 aliphatic heterocycles. The first-order chi connectivity index (χ1) is 11.7. The number of rotatable bonds is 4. The van der Waals surface area contributed by atoms with Gasteiger partial charge in [-0.1, -0.05) is 91.1 Å². The van der Waals surface area contributed by atoms with Crippen molar-refractivity contribution in [3.63, 3.8) is 0 Å². The summed E-state index contributed by atoms with van der Waals surface area (Å²) in [5.74, 6) is 0. The lowest BCUT2D eigenvalue weighted by molar-refractivity contribution is 0.741. The van der Waals surface area contributed by atoms with Crippen LogP contribution < -0.4 is 0 Å². The highest BCUT2D eigenvalue weighted by atomic mass is 14.5. The lowest BCUT2D eigenvalue weighted by Crippen LogP contribution is -2.29. The Kier molecular flexibility index (Phi) is 4.40. The second-order valence-electron chi connectivity index (χ2n) is 6.15. The van der Waals surface area contributed by atoms with Gasteiger partial charge in [-0.25, -0.2) is 0 Å². The maximum absolute atomic E-state index is 3.84. The van der Waals surface area contributed by atoms with E-state index in [0.717, 1.165) is 0 Å². The predicted molar refractivity (Wildman–Crippen MR) is 105 cm³/mol. The summed E-state index contributed by atoms with van der Waals surface area (Å²) in [7, 11) is 0. The highest BCUT2D eigenvalue weighted by Gasteiger charge is 2.45. The molecule has 0 heterocycles. The Bertz CT molecular complexity index is 814. The molecule has 0 bridgehead atoms. The highest BCUT2D eigenvalue weighted by Crippen LogP contribution is 2.56. The fraction of sp³-hybridized carbons (Fsp3) is 0.167. The van der Waals surface area contributed by atoms with E-state index in [4.69, 9.17) is 0 Å². The van der Waals surface area contributed by atoms with Crippen LogP contribution in [0, 0.1) is 0 Å². The van der Waals surface area contributed by atoms with Crippen molar-refractivity contribution in [2.24, 2.45) is 0 Å². The average Bonchev–Trinajstić information content (AvgIpc) is 2.94. The minimum Gasteiger partial charge on any atom is -0.0991 e. The monoisotopic (exact) mass is 312 g/mol. The third-order valence-electron chi connectivity index (χ3n) is 5.13. The Balaban J connectivity index is 2.46. The van der Waals surface area contributed by atoms with Gasteiger partial charge in [0.15, 0.2) is 0 Å². The van der Waals surface area contributed by atoms with Gasteiger partial charge >= 0.3 is 0 Å². The van der Waals surface area contributed by atoms with Crippen LogP contribution >= 0.6 is 0 Å². The first-order valence-corrected chi connectivity index (χ1v) is 8.50. The van der Waals surface area contributed by atoms with Crippen LogP contribution in [0.3, 0.4) is 0 Å². The van der Waals surface area contributed by atoms with Crippen molar-refractivity contribution in [1.82, 2.24) is 0 Å². The number of allylic oxidation sites excluding steroid dienone is 7. The molecule has 24 heavy (non-hydrogen) atoms. The summed E-state index contributed by atoms with van der Waals surface area (Å²) in [6.45, 7) is 10.3. The molecule has 1 aliphatic carbocycles. The van der Waals surface area contributed by atoms with Crippen LogP contribution in [0.15, 0.2) is 96.6 Å². The molecule has 0 radical (unpaired) electrons. The predicted octanol–water partition coefficient (Wildman–Crippen LogP) is 6.61. The molecule has 0 aromatic heterocycles. The molecule has 0 amide bonds. The van der Waals surface area contributed by atoms with E-state index in [2.05, 4.69) is 94.1 Å². The van der Waals surface area contributed by atoms with E-state index in [-0.39, 0.29) is 5.41 Å². The highest BCUT2D eigenvalue weighted by molar-refractivity contribution is 5.86.